The summed E-state index contributed by atoms with van der Waals surface area (Å²) in [5.74, 6) is 2.67. The van der Waals surface area contributed by atoms with Gasteiger partial charge in [0.05, 0.1) is 29.3 Å². The van der Waals surface area contributed by atoms with Gasteiger partial charge >= 0.3 is 0 Å². The summed E-state index contributed by atoms with van der Waals surface area (Å²) >= 11 is 0. The molecule has 0 saturated carbocycles. The summed E-state index contributed by atoms with van der Waals surface area (Å²) in [6.07, 6.45) is 1.64. The molecule has 1 saturated heterocycles. The van der Waals surface area contributed by atoms with Crippen molar-refractivity contribution in [1.82, 2.24) is 25.3 Å². The molecule has 0 aliphatic carbocycles. The zero-order chi connectivity index (χ0) is 24.8. The van der Waals surface area contributed by atoms with Gasteiger partial charge in [0, 0.05) is 36.1 Å². The molecule has 4 heterocycles. The largest absolute Gasteiger partial charge is 0.481 e. The summed E-state index contributed by atoms with van der Waals surface area (Å²) in [4.78, 5) is 22.3. The first-order chi connectivity index (χ1) is 17.4. The molecule has 184 valence electrons. The Hall–Kier alpha value is -3.78. The Bertz CT molecular complexity index is 1470. The van der Waals surface area contributed by atoms with Crippen LogP contribution in [0.25, 0.3) is 22.2 Å². The minimum atomic E-state index is -0.281. The first-order valence-electron chi connectivity index (χ1n) is 12.6. The third-order valence-corrected chi connectivity index (χ3v) is 6.88. The lowest BCUT2D eigenvalue weighted by atomic mass is 9.96. The zero-order valence-corrected chi connectivity index (χ0v) is 21.1. The Balaban J connectivity index is 1.33. The molecule has 1 unspecified atom stereocenters. The van der Waals surface area contributed by atoms with Gasteiger partial charge < -0.3 is 20.4 Å². The number of aliphatic imine (C=N–C) groups is 1. The van der Waals surface area contributed by atoms with E-state index in [0.29, 0.717) is 18.5 Å². The number of imidazole rings is 1. The molecule has 8 nitrogen and oxygen atoms in total. The first-order valence-corrected chi connectivity index (χ1v) is 12.6. The number of benzene rings is 2. The Morgan fingerprint density at radius 2 is 1.81 bits per heavy atom. The topological polar surface area (TPSA) is 100 Å². The van der Waals surface area contributed by atoms with Crippen molar-refractivity contribution in [3.63, 3.8) is 0 Å². The van der Waals surface area contributed by atoms with E-state index in [9.17, 15) is 0 Å². The summed E-state index contributed by atoms with van der Waals surface area (Å²) in [6.45, 7) is 10.7. The molecule has 3 N–H and O–H groups in total. The highest BCUT2D eigenvalue weighted by Crippen LogP contribution is 2.35. The average molecular weight is 482 g/mol. The van der Waals surface area contributed by atoms with Gasteiger partial charge in [-0.25, -0.2) is 15.0 Å². The number of aryl methyl sites for hydroxylation is 2. The number of aromatic amines is 1. The lowest BCUT2D eigenvalue weighted by molar-refractivity contribution is 0.210. The molecule has 2 aromatic carbocycles. The number of nitrogens with zero attached hydrogens (tertiary/aromatic N) is 4. The molecule has 2 aliphatic rings. The first kappa shape index (κ1) is 22.7. The molecule has 0 amide bonds. The van der Waals surface area contributed by atoms with Crippen molar-refractivity contribution in [2.24, 2.45) is 4.99 Å². The summed E-state index contributed by atoms with van der Waals surface area (Å²) in [5, 5.41) is 6.74. The summed E-state index contributed by atoms with van der Waals surface area (Å²) < 4.78 is 6.58. The molecule has 36 heavy (non-hydrogen) atoms. The molecular formula is C28H31N7O. The molecule has 0 radical (unpaired) electrons. The van der Waals surface area contributed by atoms with E-state index in [1.54, 1.807) is 0 Å². The lowest BCUT2D eigenvalue weighted by Crippen LogP contribution is -2.51. The van der Waals surface area contributed by atoms with Crippen molar-refractivity contribution in [2.45, 2.75) is 45.8 Å². The lowest BCUT2D eigenvalue weighted by Gasteiger charge is -2.29. The van der Waals surface area contributed by atoms with Crippen molar-refractivity contribution in [3.05, 3.63) is 64.7 Å². The van der Waals surface area contributed by atoms with Gasteiger partial charge in [-0.15, -0.1) is 0 Å². The van der Waals surface area contributed by atoms with Crippen LogP contribution in [0, 0.1) is 13.8 Å². The predicted molar refractivity (Wildman–Crippen MR) is 143 cm³/mol. The van der Waals surface area contributed by atoms with Crippen LogP contribution in [0.15, 0.2) is 41.4 Å². The highest BCUT2D eigenvalue weighted by Gasteiger charge is 2.27. The number of anilines is 1. The molecule has 0 bridgehead atoms. The van der Waals surface area contributed by atoms with Crippen LogP contribution < -0.4 is 15.4 Å². The second-order valence-corrected chi connectivity index (χ2v) is 9.99. The van der Waals surface area contributed by atoms with Crippen LogP contribution >= 0.6 is 0 Å². The minimum absolute atomic E-state index is 0.276. The summed E-state index contributed by atoms with van der Waals surface area (Å²) in [5.41, 5.74) is 8.25. The highest BCUT2D eigenvalue weighted by atomic mass is 16.5. The maximum atomic E-state index is 6.58. The monoisotopic (exact) mass is 481 g/mol. The fraction of sp³-hybridized carbons (Fsp3) is 0.357. The van der Waals surface area contributed by atoms with Crippen LogP contribution in [0.5, 0.6) is 5.75 Å². The van der Waals surface area contributed by atoms with Gasteiger partial charge in [0.15, 0.2) is 6.10 Å². The van der Waals surface area contributed by atoms with E-state index in [4.69, 9.17) is 19.7 Å². The van der Waals surface area contributed by atoms with Crippen LogP contribution in [0.3, 0.4) is 0 Å². The third kappa shape index (κ3) is 4.22. The third-order valence-electron chi connectivity index (χ3n) is 6.88. The van der Waals surface area contributed by atoms with Gasteiger partial charge in [-0.2, -0.15) is 0 Å². The Morgan fingerprint density at radius 1 is 1.00 bits per heavy atom. The number of ether oxygens (including phenoxy) is 1. The zero-order valence-electron chi connectivity index (χ0n) is 21.1. The van der Waals surface area contributed by atoms with E-state index >= 15 is 0 Å². The number of nitrogens with one attached hydrogen (secondary N) is 3. The van der Waals surface area contributed by atoms with E-state index in [-0.39, 0.29) is 12.0 Å². The number of hydrogen-bond donors (Lipinski definition) is 3. The van der Waals surface area contributed by atoms with Crippen LogP contribution in [0.4, 0.5) is 5.95 Å². The smallest absolute Gasteiger partial charge is 0.223 e. The Kier molecular flexibility index (Phi) is 5.68. The number of rotatable bonds is 5. The number of aromatic nitrogens is 4. The fourth-order valence-corrected chi connectivity index (χ4v) is 5.03. The summed E-state index contributed by atoms with van der Waals surface area (Å²) in [7, 11) is 0. The second kappa shape index (κ2) is 9.02. The Morgan fingerprint density at radius 3 is 2.58 bits per heavy atom. The normalized spacial score (nSPS) is 17.5. The van der Waals surface area contributed by atoms with E-state index in [1.807, 2.05) is 19.2 Å². The maximum absolute atomic E-state index is 6.58. The highest BCUT2D eigenvalue weighted by molar-refractivity contribution is 5.88. The van der Waals surface area contributed by atoms with Gasteiger partial charge in [0.2, 0.25) is 5.95 Å². The quantitative estimate of drug-likeness (QED) is 0.382. The van der Waals surface area contributed by atoms with Crippen molar-refractivity contribution in [1.29, 1.82) is 0 Å². The van der Waals surface area contributed by atoms with Crippen molar-refractivity contribution < 1.29 is 4.74 Å². The maximum Gasteiger partial charge on any atom is 0.223 e. The standard InChI is InChI=1S/C28H31N7O/c1-15(2)26-16(3)31-28(34-21-12-30-13-21)35-27(26)25-14-29-11-20-9-18(6-8-24(20)36-25)19-5-7-22-23(10-19)33-17(4)32-22/h5-11,15,21,25,30H,12-14H2,1-4H3,(H,32,33)(H,31,34,35). The molecule has 1 atom stereocenters. The molecule has 8 heteroatoms. The molecule has 6 rings (SSSR count). The van der Waals surface area contributed by atoms with Gasteiger partial charge in [0.25, 0.3) is 0 Å². The van der Waals surface area contributed by atoms with E-state index in [1.165, 1.54) is 0 Å². The molecule has 2 aliphatic heterocycles. The van der Waals surface area contributed by atoms with Crippen LogP contribution in [0.2, 0.25) is 0 Å². The fourth-order valence-electron chi connectivity index (χ4n) is 5.03. The average Bonchev–Trinajstić information content (AvgIpc) is 3.06. The molecule has 0 spiro atoms. The Labute approximate surface area is 210 Å². The molecular weight excluding hydrogens is 450 g/mol. The van der Waals surface area contributed by atoms with E-state index in [0.717, 1.165) is 69.3 Å². The number of fused-ring (bicyclic) bond motifs is 2. The van der Waals surface area contributed by atoms with Gasteiger partial charge in [-0.1, -0.05) is 26.0 Å². The van der Waals surface area contributed by atoms with Crippen molar-refractivity contribution >= 4 is 23.2 Å². The van der Waals surface area contributed by atoms with Crippen LogP contribution in [-0.4, -0.2) is 51.8 Å². The van der Waals surface area contributed by atoms with Gasteiger partial charge in [-0.05, 0) is 55.2 Å². The van der Waals surface area contributed by atoms with Crippen molar-refractivity contribution in [3.8, 4) is 16.9 Å². The predicted octanol–water partition coefficient (Wildman–Crippen LogP) is 4.70. The summed E-state index contributed by atoms with van der Waals surface area (Å²) in [6, 6.07) is 12.9. The number of H-pyrrole nitrogens is 1. The van der Waals surface area contributed by atoms with E-state index in [2.05, 4.69) is 71.7 Å². The SMILES string of the molecule is Cc1nc2ccc(-c3ccc4c(c3)C=NCC(c3nc(NC5CNC5)nc(C)c3C(C)C)O4)cc2[nH]1. The van der Waals surface area contributed by atoms with Crippen LogP contribution in [0.1, 0.15) is 54.2 Å². The second-order valence-electron chi connectivity index (χ2n) is 9.99. The van der Waals surface area contributed by atoms with Gasteiger partial charge in [-0.3, -0.25) is 4.99 Å². The van der Waals surface area contributed by atoms with Gasteiger partial charge in [0.1, 0.15) is 11.6 Å². The molecule has 4 aromatic rings. The minimum Gasteiger partial charge on any atom is -0.481 e. The van der Waals surface area contributed by atoms with Crippen LogP contribution in [-0.2, 0) is 0 Å². The molecule has 2 aromatic heterocycles. The van der Waals surface area contributed by atoms with Crippen molar-refractivity contribution in [2.75, 3.05) is 25.0 Å². The number of hydrogen-bond acceptors (Lipinski definition) is 7. The molecule has 1 fully saturated rings. The van der Waals surface area contributed by atoms with E-state index < -0.39 is 0 Å².